The van der Waals surface area contributed by atoms with Gasteiger partial charge in [-0.1, -0.05) is 0 Å². The van der Waals surface area contributed by atoms with Crippen LogP contribution in [0.2, 0.25) is 0 Å². The average Bonchev–Trinajstić information content (AvgIpc) is 3.12. The van der Waals surface area contributed by atoms with Crippen molar-refractivity contribution in [2.45, 2.75) is 25.4 Å². The van der Waals surface area contributed by atoms with Gasteiger partial charge in [-0.2, -0.15) is 0 Å². The summed E-state index contributed by atoms with van der Waals surface area (Å²) in [4.78, 5) is 22.3. The molecule has 30 heavy (non-hydrogen) atoms. The van der Waals surface area contributed by atoms with Gasteiger partial charge in [-0.05, 0) is 44.0 Å². The van der Waals surface area contributed by atoms with E-state index in [1.807, 2.05) is 30.1 Å². The number of nitrogens with one attached hydrogen (secondary N) is 1. The number of fused-ring (bicyclic) bond motifs is 1. The van der Waals surface area contributed by atoms with Crippen LogP contribution in [0.5, 0.6) is 0 Å². The second kappa shape index (κ2) is 7.83. The highest BCUT2D eigenvalue weighted by Gasteiger charge is 2.44. The molecule has 2 aromatic rings. The molecule has 0 bridgehead atoms. The Morgan fingerprint density at radius 3 is 2.93 bits per heavy atom. The minimum Gasteiger partial charge on any atom is -0.392 e. The summed E-state index contributed by atoms with van der Waals surface area (Å²) in [5.74, 6) is 0.957. The number of rotatable bonds is 2. The van der Waals surface area contributed by atoms with E-state index >= 15 is 0 Å². The number of likely N-dealkylation sites (tertiary alicyclic amines) is 1. The zero-order valence-corrected chi connectivity index (χ0v) is 17.6. The summed E-state index contributed by atoms with van der Waals surface area (Å²) in [6.45, 7) is 6.06. The number of hydrogen-bond donors (Lipinski definition) is 2. The Hall–Kier alpha value is -2.16. The average molecular weight is 414 g/mol. The van der Waals surface area contributed by atoms with Crippen molar-refractivity contribution in [2.75, 3.05) is 57.4 Å². The number of aliphatic hydroxyl groups excluding tert-OH is 1. The van der Waals surface area contributed by atoms with Gasteiger partial charge in [0.15, 0.2) is 0 Å². The number of aliphatic hydroxyl groups is 1. The van der Waals surface area contributed by atoms with Crippen LogP contribution in [0, 0.1) is 5.41 Å². The van der Waals surface area contributed by atoms with Gasteiger partial charge in [-0.3, -0.25) is 4.79 Å². The minimum absolute atomic E-state index is 0.0346. The lowest BCUT2D eigenvalue weighted by Crippen LogP contribution is -2.58. The Labute approximate surface area is 176 Å². The van der Waals surface area contributed by atoms with Crippen molar-refractivity contribution < 1.29 is 14.6 Å². The van der Waals surface area contributed by atoms with Crippen molar-refractivity contribution in [3.05, 3.63) is 23.8 Å². The van der Waals surface area contributed by atoms with Crippen LogP contribution in [-0.4, -0.2) is 84.1 Å². The van der Waals surface area contributed by atoms with E-state index in [0.717, 1.165) is 69.0 Å². The van der Waals surface area contributed by atoms with Crippen molar-refractivity contribution >= 4 is 22.9 Å². The highest BCUT2D eigenvalue weighted by molar-refractivity contribution is 5.97. The predicted octanol–water partition coefficient (Wildman–Crippen LogP) is 0.987. The molecular formula is C22H31N5O3. The number of morpholine rings is 1. The summed E-state index contributed by atoms with van der Waals surface area (Å²) in [7, 11) is 2.02. The zero-order valence-electron chi connectivity index (χ0n) is 17.6. The van der Waals surface area contributed by atoms with Crippen molar-refractivity contribution in [3.63, 3.8) is 0 Å². The lowest BCUT2D eigenvalue weighted by molar-refractivity contribution is -0.0433. The number of ether oxygens (including phenoxy) is 1. The molecule has 3 saturated heterocycles. The number of anilines is 1. The summed E-state index contributed by atoms with van der Waals surface area (Å²) in [5, 5.41) is 14.1. The number of hydrogen-bond acceptors (Lipinski definition) is 6. The molecule has 2 atom stereocenters. The third-order valence-corrected chi connectivity index (χ3v) is 7.07. The number of imidazole rings is 1. The van der Waals surface area contributed by atoms with E-state index < -0.39 is 0 Å². The standard InChI is InChI=1S/C22H31N5O3/c1-25-18-4-3-16(13-17(18)24-21(25)26-9-11-30-12-10-26)20(29)27-8-2-6-22(15-27)14-23-7-5-19(22)28/h3-4,13,19,23,28H,2,5-12,14-15H2,1H3/t19-,22-/m0/s1. The maximum Gasteiger partial charge on any atom is 0.253 e. The molecule has 8 heteroatoms. The number of carbonyl (C=O) groups is 1. The summed E-state index contributed by atoms with van der Waals surface area (Å²) < 4.78 is 7.55. The van der Waals surface area contributed by atoms with E-state index in [9.17, 15) is 9.90 Å². The molecule has 0 radical (unpaired) electrons. The molecule has 5 rings (SSSR count). The number of nitrogens with zero attached hydrogens (tertiary/aromatic N) is 4. The molecule has 3 aliphatic rings. The van der Waals surface area contributed by atoms with Gasteiger partial charge in [0.05, 0.1) is 30.4 Å². The maximum atomic E-state index is 13.3. The second-order valence-electron chi connectivity index (χ2n) is 8.95. The first-order valence-corrected chi connectivity index (χ1v) is 11.0. The molecule has 1 aromatic heterocycles. The van der Waals surface area contributed by atoms with Crippen molar-refractivity contribution in [3.8, 4) is 0 Å². The molecule has 0 saturated carbocycles. The van der Waals surface area contributed by atoms with E-state index in [2.05, 4.69) is 14.8 Å². The Morgan fingerprint density at radius 1 is 1.30 bits per heavy atom. The number of carbonyl (C=O) groups excluding carboxylic acids is 1. The van der Waals surface area contributed by atoms with Crippen LogP contribution in [0.3, 0.4) is 0 Å². The Morgan fingerprint density at radius 2 is 2.13 bits per heavy atom. The smallest absolute Gasteiger partial charge is 0.253 e. The van der Waals surface area contributed by atoms with Crippen LogP contribution in [0.25, 0.3) is 11.0 Å². The van der Waals surface area contributed by atoms with Gasteiger partial charge >= 0.3 is 0 Å². The SMILES string of the molecule is Cn1c(N2CCOCC2)nc2cc(C(=O)N3CCC[C@]4(CNCC[C@@H]4O)C3)ccc21. The van der Waals surface area contributed by atoms with Crippen LogP contribution >= 0.6 is 0 Å². The topological polar surface area (TPSA) is 82.9 Å². The normalized spacial score (nSPS) is 27.7. The van der Waals surface area contributed by atoms with E-state index in [1.165, 1.54) is 0 Å². The first kappa shape index (κ1) is 19.8. The fraction of sp³-hybridized carbons (Fsp3) is 0.636. The molecule has 1 spiro atoms. The third-order valence-electron chi connectivity index (χ3n) is 7.07. The molecule has 8 nitrogen and oxygen atoms in total. The minimum atomic E-state index is -0.344. The van der Waals surface area contributed by atoms with E-state index in [0.29, 0.717) is 25.3 Å². The molecular weight excluding hydrogens is 382 g/mol. The van der Waals surface area contributed by atoms with E-state index in [1.54, 1.807) is 0 Å². The van der Waals surface area contributed by atoms with Gasteiger partial charge < -0.3 is 29.5 Å². The lowest BCUT2D eigenvalue weighted by Gasteiger charge is -2.48. The molecule has 2 N–H and O–H groups in total. The van der Waals surface area contributed by atoms with Crippen LogP contribution < -0.4 is 10.2 Å². The molecule has 1 aromatic carbocycles. The van der Waals surface area contributed by atoms with Gasteiger partial charge in [-0.15, -0.1) is 0 Å². The van der Waals surface area contributed by atoms with Crippen LogP contribution in [0.1, 0.15) is 29.6 Å². The highest BCUT2D eigenvalue weighted by Crippen LogP contribution is 2.37. The molecule has 0 unspecified atom stereocenters. The van der Waals surface area contributed by atoms with Crippen molar-refractivity contribution in [1.82, 2.24) is 19.8 Å². The third kappa shape index (κ3) is 3.36. The first-order chi connectivity index (χ1) is 14.6. The number of aromatic nitrogens is 2. The van der Waals surface area contributed by atoms with Crippen molar-refractivity contribution in [1.29, 1.82) is 0 Å². The maximum absolute atomic E-state index is 13.3. The molecule has 4 heterocycles. The van der Waals surface area contributed by atoms with E-state index in [4.69, 9.17) is 9.72 Å². The molecule has 3 aliphatic heterocycles. The molecule has 162 valence electrons. The Kier molecular flexibility index (Phi) is 5.16. The summed E-state index contributed by atoms with van der Waals surface area (Å²) in [6, 6.07) is 5.82. The van der Waals surface area contributed by atoms with Gasteiger partial charge in [0.2, 0.25) is 5.95 Å². The second-order valence-corrected chi connectivity index (χ2v) is 8.95. The molecule has 0 aliphatic carbocycles. The fourth-order valence-corrected chi connectivity index (χ4v) is 5.30. The summed E-state index contributed by atoms with van der Waals surface area (Å²) in [5.41, 5.74) is 2.32. The van der Waals surface area contributed by atoms with Gasteiger partial charge in [0, 0.05) is 50.7 Å². The number of amides is 1. The van der Waals surface area contributed by atoms with Crippen molar-refractivity contribution in [2.24, 2.45) is 12.5 Å². The van der Waals surface area contributed by atoms with Crippen LogP contribution in [-0.2, 0) is 11.8 Å². The van der Waals surface area contributed by atoms with Crippen LogP contribution in [0.4, 0.5) is 5.95 Å². The van der Waals surface area contributed by atoms with Gasteiger partial charge in [0.1, 0.15) is 0 Å². The number of benzene rings is 1. The summed E-state index contributed by atoms with van der Waals surface area (Å²) in [6.07, 6.45) is 2.31. The Bertz CT molecular complexity index is 934. The lowest BCUT2D eigenvalue weighted by atomic mass is 9.72. The quantitative estimate of drug-likeness (QED) is 0.764. The zero-order chi connectivity index (χ0) is 20.7. The fourth-order valence-electron chi connectivity index (χ4n) is 5.30. The monoisotopic (exact) mass is 413 g/mol. The largest absolute Gasteiger partial charge is 0.392 e. The molecule has 1 amide bonds. The van der Waals surface area contributed by atoms with Gasteiger partial charge in [0.25, 0.3) is 5.91 Å². The molecule has 3 fully saturated rings. The first-order valence-electron chi connectivity index (χ1n) is 11.0. The Balaban J connectivity index is 1.39. The number of aryl methyl sites for hydroxylation is 1. The summed E-state index contributed by atoms with van der Waals surface area (Å²) >= 11 is 0. The number of piperidine rings is 2. The highest BCUT2D eigenvalue weighted by atomic mass is 16.5. The van der Waals surface area contributed by atoms with Crippen LogP contribution in [0.15, 0.2) is 18.2 Å². The predicted molar refractivity (Wildman–Crippen MR) is 115 cm³/mol. The van der Waals surface area contributed by atoms with E-state index in [-0.39, 0.29) is 17.4 Å². The van der Waals surface area contributed by atoms with Gasteiger partial charge in [-0.25, -0.2) is 4.98 Å².